The molecule has 0 radical (unpaired) electrons. The highest BCUT2D eigenvalue weighted by molar-refractivity contribution is 9.10. The molecule has 4 heteroatoms. The highest BCUT2D eigenvalue weighted by Crippen LogP contribution is 2.28. The maximum absolute atomic E-state index is 4.11. The van der Waals surface area contributed by atoms with E-state index in [2.05, 4.69) is 56.6 Å². The molecule has 0 aliphatic rings. The summed E-state index contributed by atoms with van der Waals surface area (Å²) in [5, 5.41) is 10.3. The monoisotopic (exact) mass is 279 g/mol. The molecule has 0 unspecified atom stereocenters. The summed E-state index contributed by atoms with van der Waals surface area (Å²) >= 11 is 3.50. The van der Waals surface area contributed by atoms with Crippen LogP contribution in [0.2, 0.25) is 0 Å². The van der Waals surface area contributed by atoms with Crippen LogP contribution in [0.3, 0.4) is 0 Å². The predicted octanol–water partition coefficient (Wildman–Crippen LogP) is 2.87. The quantitative estimate of drug-likeness (QED) is 0.907. The molecule has 0 atom stereocenters. The fraction of sp³-hybridized carbons (Fsp3) is 0.250. The van der Waals surface area contributed by atoms with Crippen LogP contribution in [0.4, 0.5) is 0 Å². The van der Waals surface area contributed by atoms with Gasteiger partial charge in [-0.15, -0.1) is 0 Å². The third-order valence-corrected chi connectivity index (χ3v) is 3.05. The highest BCUT2D eigenvalue weighted by Gasteiger charge is 2.09. The number of nitrogens with zero attached hydrogens (tertiary/aromatic N) is 1. The summed E-state index contributed by atoms with van der Waals surface area (Å²) in [5.41, 5.74) is 4.74. The molecule has 0 saturated carbocycles. The zero-order valence-electron chi connectivity index (χ0n) is 9.34. The standard InChI is InChI=1S/C12H14BrN3/c1-8-3-4-9(13)5-10(8)11-6-15-16-12(11)7-14-2/h3-6,14H,7H2,1-2H3,(H,15,16). The van der Waals surface area contributed by atoms with Crippen molar-refractivity contribution in [1.82, 2.24) is 15.5 Å². The van der Waals surface area contributed by atoms with E-state index in [0.717, 1.165) is 22.3 Å². The zero-order chi connectivity index (χ0) is 11.5. The molecule has 1 aromatic heterocycles. The Labute approximate surface area is 103 Å². The van der Waals surface area contributed by atoms with Crippen LogP contribution in [0, 0.1) is 6.92 Å². The van der Waals surface area contributed by atoms with Crippen molar-refractivity contribution in [3.8, 4) is 11.1 Å². The first kappa shape index (κ1) is 11.4. The van der Waals surface area contributed by atoms with Gasteiger partial charge in [-0.05, 0) is 37.2 Å². The normalized spacial score (nSPS) is 10.7. The molecule has 2 N–H and O–H groups in total. The van der Waals surface area contributed by atoms with Crippen LogP contribution in [-0.4, -0.2) is 17.2 Å². The Morgan fingerprint density at radius 1 is 1.38 bits per heavy atom. The number of aromatic nitrogens is 2. The van der Waals surface area contributed by atoms with Gasteiger partial charge in [0.1, 0.15) is 0 Å². The van der Waals surface area contributed by atoms with Crippen LogP contribution in [0.1, 0.15) is 11.3 Å². The molecule has 0 saturated heterocycles. The van der Waals surface area contributed by atoms with Crippen LogP contribution in [0.25, 0.3) is 11.1 Å². The topological polar surface area (TPSA) is 40.7 Å². The Kier molecular flexibility index (Phi) is 3.41. The van der Waals surface area contributed by atoms with Crippen molar-refractivity contribution in [3.63, 3.8) is 0 Å². The Balaban J connectivity index is 2.49. The number of rotatable bonds is 3. The molecule has 2 rings (SSSR count). The zero-order valence-corrected chi connectivity index (χ0v) is 10.9. The second kappa shape index (κ2) is 4.80. The second-order valence-electron chi connectivity index (χ2n) is 3.75. The van der Waals surface area contributed by atoms with Crippen molar-refractivity contribution in [2.45, 2.75) is 13.5 Å². The summed E-state index contributed by atoms with van der Waals surface area (Å²) in [6.45, 7) is 2.90. The lowest BCUT2D eigenvalue weighted by Gasteiger charge is -2.07. The van der Waals surface area contributed by atoms with Gasteiger partial charge in [0, 0.05) is 16.6 Å². The van der Waals surface area contributed by atoms with Crippen LogP contribution in [0.15, 0.2) is 28.9 Å². The lowest BCUT2D eigenvalue weighted by atomic mass is 10.0. The minimum atomic E-state index is 0.793. The summed E-state index contributed by atoms with van der Waals surface area (Å²) in [7, 11) is 1.93. The largest absolute Gasteiger partial charge is 0.314 e. The second-order valence-corrected chi connectivity index (χ2v) is 4.67. The fourth-order valence-corrected chi connectivity index (χ4v) is 2.10. The molecule has 0 fully saturated rings. The number of hydrogen-bond donors (Lipinski definition) is 2. The molecule has 16 heavy (non-hydrogen) atoms. The van der Waals surface area contributed by atoms with E-state index in [0.29, 0.717) is 0 Å². The van der Waals surface area contributed by atoms with E-state index >= 15 is 0 Å². The Morgan fingerprint density at radius 3 is 2.94 bits per heavy atom. The molecule has 0 bridgehead atoms. The van der Waals surface area contributed by atoms with E-state index in [9.17, 15) is 0 Å². The lowest BCUT2D eigenvalue weighted by Crippen LogP contribution is -2.06. The third kappa shape index (κ3) is 2.18. The van der Waals surface area contributed by atoms with Gasteiger partial charge in [0.05, 0.1) is 11.9 Å². The number of benzene rings is 1. The van der Waals surface area contributed by atoms with Gasteiger partial charge in [0.15, 0.2) is 0 Å². The van der Waals surface area contributed by atoms with Gasteiger partial charge >= 0.3 is 0 Å². The van der Waals surface area contributed by atoms with Crippen molar-refractivity contribution in [2.24, 2.45) is 0 Å². The molecule has 0 aliphatic carbocycles. The Bertz CT molecular complexity index is 491. The number of aryl methyl sites for hydroxylation is 1. The van der Waals surface area contributed by atoms with Crippen molar-refractivity contribution in [1.29, 1.82) is 0 Å². The molecular weight excluding hydrogens is 266 g/mol. The van der Waals surface area contributed by atoms with E-state index in [1.54, 1.807) is 0 Å². The van der Waals surface area contributed by atoms with E-state index in [4.69, 9.17) is 0 Å². The number of halogens is 1. The summed E-state index contributed by atoms with van der Waals surface area (Å²) < 4.78 is 1.09. The predicted molar refractivity (Wildman–Crippen MR) is 69.2 cm³/mol. The SMILES string of the molecule is CNCc1[nH]ncc1-c1cc(Br)ccc1C. The lowest BCUT2D eigenvalue weighted by molar-refractivity contribution is 0.785. The minimum Gasteiger partial charge on any atom is -0.314 e. The van der Waals surface area contributed by atoms with Gasteiger partial charge in [-0.25, -0.2) is 0 Å². The average molecular weight is 280 g/mol. The minimum absolute atomic E-state index is 0.793. The maximum Gasteiger partial charge on any atom is 0.0569 e. The molecule has 1 aromatic carbocycles. The number of H-pyrrole nitrogens is 1. The average Bonchev–Trinajstić information content (AvgIpc) is 2.70. The van der Waals surface area contributed by atoms with Gasteiger partial charge in [-0.3, -0.25) is 5.10 Å². The summed E-state index contributed by atoms with van der Waals surface area (Å²) in [6.07, 6.45) is 1.88. The highest BCUT2D eigenvalue weighted by atomic mass is 79.9. The van der Waals surface area contributed by atoms with Crippen LogP contribution >= 0.6 is 15.9 Å². The van der Waals surface area contributed by atoms with Crippen LogP contribution in [0.5, 0.6) is 0 Å². The van der Waals surface area contributed by atoms with E-state index in [-0.39, 0.29) is 0 Å². The first-order valence-corrected chi connectivity index (χ1v) is 5.95. The first-order valence-electron chi connectivity index (χ1n) is 5.15. The Hall–Kier alpha value is -1.13. The van der Waals surface area contributed by atoms with Crippen molar-refractivity contribution < 1.29 is 0 Å². The number of hydrogen-bond acceptors (Lipinski definition) is 2. The summed E-state index contributed by atoms with van der Waals surface area (Å²) in [4.78, 5) is 0. The first-order chi connectivity index (χ1) is 7.72. The van der Waals surface area contributed by atoms with Gasteiger partial charge in [0.25, 0.3) is 0 Å². The van der Waals surface area contributed by atoms with Crippen LogP contribution in [-0.2, 0) is 6.54 Å². The van der Waals surface area contributed by atoms with Gasteiger partial charge in [-0.1, -0.05) is 22.0 Å². The van der Waals surface area contributed by atoms with Gasteiger partial charge in [0.2, 0.25) is 0 Å². The van der Waals surface area contributed by atoms with Crippen molar-refractivity contribution >= 4 is 15.9 Å². The fourth-order valence-electron chi connectivity index (χ4n) is 1.74. The molecule has 0 amide bonds. The molecule has 84 valence electrons. The smallest absolute Gasteiger partial charge is 0.0569 e. The third-order valence-electron chi connectivity index (χ3n) is 2.56. The van der Waals surface area contributed by atoms with E-state index in [1.165, 1.54) is 11.1 Å². The molecule has 3 nitrogen and oxygen atoms in total. The van der Waals surface area contributed by atoms with E-state index < -0.39 is 0 Å². The van der Waals surface area contributed by atoms with Crippen molar-refractivity contribution in [3.05, 3.63) is 40.1 Å². The van der Waals surface area contributed by atoms with Gasteiger partial charge < -0.3 is 5.32 Å². The molecule has 2 aromatic rings. The number of nitrogens with one attached hydrogen (secondary N) is 2. The summed E-state index contributed by atoms with van der Waals surface area (Å²) in [6, 6.07) is 6.28. The van der Waals surface area contributed by atoms with Crippen LogP contribution < -0.4 is 5.32 Å². The maximum atomic E-state index is 4.11. The Morgan fingerprint density at radius 2 is 2.19 bits per heavy atom. The van der Waals surface area contributed by atoms with Gasteiger partial charge in [-0.2, -0.15) is 5.10 Å². The number of aromatic amines is 1. The summed E-state index contributed by atoms with van der Waals surface area (Å²) in [5.74, 6) is 0. The molecule has 0 aliphatic heterocycles. The van der Waals surface area contributed by atoms with Crippen molar-refractivity contribution in [2.75, 3.05) is 7.05 Å². The molecule has 1 heterocycles. The van der Waals surface area contributed by atoms with E-state index in [1.807, 2.05) is 13.2 Å². The molecular formula is C12H14BrN3. The molecule has 0 spiro atoms.